The fourth-order valence-corrected chi connectivity index (χ4v) is 5.25. The van der Waals surface area contributed by atoms with Crippen LogP contribution in [0.25, 0.3) is 10.9 Å². The zero-order valence-electron chi connectivity index (χ0n) is 17.5. The number of aryl methyl sites for hydroxylation is 1. The summed E-state index contributed by atoms with van der Waals surface area (Å²) >= 11 is 1.42. The molecule has 1 saturated carbocycles. The molecule has 1 atom stereocenters. The second-order valence-corrected chi connectivity index (χ2v) is 9.35. The number of nitrogens with zero attached hydrogens (tertiary/aromatic N) is 2. The number of thiazole rings is 1. The van der Waals surface area contributed by atoms with Crippen molar-refractivity contribution >= 4 is 39.8 Å². The van der Waals surface area contributed by atoms with Crippen molar-refractivity contribution in [1.29, 1.82) is 0 Å². The molecule has 7 nitrogen and oxygen atoms in total. The highest BCUT2D eigenvalue weighted by Crippen LogP contribution is 2.24. The van der Waals surface area contributed by atoms with Gasteiger partial charge >= 0.3 is 5.91 Å². The highest BCUT2D eigenvalue weighted by molar-refractivity contribution is 7.13. The van der Waals surface area contributed by atoms with E-state index in [4.69, 9.17) is 0 Å². The molecular weight excluding hydrogens is 410 g/mol. The van der Waals surface area contributed by atoms with Gasteiger partial charge in [0.15, 0.2) is 5.01 Å². The summed E-state index contributed by atoms with van der Waals surface area (Å²) in [6, 6.07) is 7.70. The molecule has 1 aliphatic carbocycles. The van der Waals surface area contributed by atoms with Crippen molar-refractivity contribution < 1.29 is 9.59 Å². The highest BCUT2D eigenvalue weighted by Gasteiger charge is 2.26. The third-order valence-electron chi connectivity index (χ3n) is 5.93. The van der Waals surface area contributed by atoms with Crippen LogP contribution in [0.15, 0.2) is 29.3 Å². The molecule has 3 aromatic rings. The first kappa shape index (κ1) is 20.1. The normalized spacial score (nSPS) is 20.0. The summed E-state index contributed by atoms with van der Waals surface area (Å²) in [5, 5.41) is 7.85. The van der Waals surface area contributed by atoms with E-state index in [1.54, 1.807) is 0 Å². The van der Waals surface area contributed by atoms with Crippen LogP contribution < -0.4 is 10.6 Å². The quantitative estimate of drug-likeness (QED) is 0.586. The van der Waals surface area contributed by atoms with Crippen LogP contribution in [0.1, 0.15) is 62.1 Å². The Bertz CT molecular complexity index is 1170. The zero-order valence-corrected chi connectivity index (χ0v) is 18.3. The lowest BCUT2D eigenvalue weighted by atomic mass is 9.93. The predicted octanol–water partition coefficient (Wildman–Crippen LogP) is 3.53. The summed E-state index contributed by atoms with van der Waals surface area (Å²) in [6.45, 7) is 3.68. The number of amides is 2. The fraction of sp³-hybridized carbons (Fsp3) is 0.391. The van der Waals surface area contributed by atoms with Gasteiger partial charge in [-0.2, -0.15) is 0 Å². The van der Waals surface area contributed by atoms with Gasteiger partial charge in [-0.25, -0.2) is 9.98 Å². The van der Waals surface area contributed by atoms with E-state index in [1.165, 1.54) is 11.3 Å². The Kier molecular flexibility index (Phi) is 5.41. The summed E-state index contributed by atoms with van der Waals surface area (Å²) in [4.78, 5) is 38.9. The maximum Gasteiger partial charge on any atom is 0.305 e. The number of H-pyrrole nitrogens is 1. The molecule has 2 aromatic heterocycles. The number of benzene rings is 1. The molecule has 0 unspecified atom stereocenters. The Balaban J connectivity index is 1.34. The molecule has 1 aliphatic heterocycles. The van der Waals surface area contributed by atoms with Gasteiger partial charge in [0.05, 0.1) is 11.7 Å². The number of aromatic nitrogens is 2. The molecule has 3 N–H and O–H groups in total. The third kappa shape index (κ3) is 4.18. The van der Waals surface area contributed by atoms with Crippen LogP contribution in [0.3, 0.4) is 0 Å². The van der Waals surface area contributed by atoms with Crippen molar-refractivity contribution in [2.45, 2.75) is 51.6 Å². The van der Waals surface area contributed by atoms with Crippen LogP contribution in [-0.4, -0.2) is 40.1 Å². The van der Waals surface area contributed by atoms with Crippen LogP contribution >= 0.6 is 11.3 Å². The minimum Gasteiger partial charge on any atom is -0.351 e. The average Bonchev–Trinajstić information content (AvgIpc) is 3.39. The molecular formula is C23H25N5O2S. The molecule has 1 aromatic carbocycles. The van der Waals surface area contributed by atoms with Gasteiger partial charge in [-0.15, -0.1) is 11.3 Å². The number of aromatic amines is 1. The number of nitrogens with one attached hydrogen (secondary N) is 3. The van der Waals surface area contributed by atoms with Crippen molar-refractivity contribution in [2.24, 2.45) is 4.99 Å². The lowest BCUT2D eigenvalue weighted by Crippen LogP contribution is -2.43. The van der Waals surface area contributed by atoms with Gasteiger partial charge in [-0.05, 0) is 44.4 Å². The van der Waals surface area contributed by atoms with Crippen molar-refractivity contribution in [3.8, 4) is 0 Å². The molecule has 5 rings (SSSR count). The monoisotopic (exact) mass is 435 g/mol. The minimum absolute atomic E-state index is 0.170. The van der Waals surface area contributed by atoms with E-state index in [2.05, 4.69) is 31.7 Å². The Morgan fingerprint density at radius 3 is 3.00 bits per heavy atom. The number of fused-ring (bicyclic) bond motifs is 2. The van der Waals surface area contributed by atoms with Crippen LogP contribution in [0, 0.1) is 6.92 Å². The number of hydrogen-bond donors (Lipinski definition) is 3. The first-order valence-corrected chi connectivity index (χ1v) is 11.6. The summed E-state index contributed by atoms with van der Waals surface area (Å²) in [6.07, 6.45) is 4.33. The summed E-state index contributed by atoms with van der Waals surface area (Å²) in [7, 11) is 0. The first-order valence-electron chi connectivity index (χ1n) is 10.8. The van der Waals surface area contributed by atoms with Gasteiger partial charge in [-0.1, -0.05) is 18.1 Å². The van der Waals surface area contributed by atoms with Crippen molar-refractivity contribution in [3.63, 3.8) is 0 Å². The fourth-order valence-electron chi connectivity index (χ4n) is 4.29. The lowest BCUT2D eigenvalue weighted by molar-refractivity contribution is 0.0935. The van der Waals surface area contributed by atoms with Crippen LogP contribution in [0.4, 0.5) is 0 Å². The first-order chi connectivity index (χ1) is 15.1. The van der Waals surface area contributed by atoms with Crippen molar-refractivity contribution in [2.75, 3.05) is 6.54 Å². The van der Waals surface area contributed by atoms with Crippen LogP contribution in [0.2, 0.25) is 0 Å². The molecule has 1 fully saturated rings. The zero-order chi connectivity index (χ0) is 21.4. The molecule has 2 aliphatic rings. The number of aliphatic imine (C=N–C) groups is 1. The van der Waals surface area contributed by atoms with E-state index < -0.39 is 0 Å². The second kappa shape index (κ2) is 8.36. The lowest BCUT2D eigenvalue weighted by Gasteiger charge is -2.24. The SMILES string of the molecule is Cc1ccc2[nH]c(C(=O)N[C@H]3CCCCC3=NC(=O)c3nc4c(s3)CNCC4)cc2c1. The predicted molar refractivity (Wildman–Crippen MR) is 122 cm³/mol. The topological polar surface area (TPSA) is 99.2 Å². The van der Waals surface area contributed by atoms with Gasteiger partial charge < -0.3 is 15.6 Å². The van der Waals surface area contributed by atoms with Gasteiger partial charge in [0.1, 0.15) is 5.69 Å². The van der Waals surface area contributed by atoms with E-state index in [0.717, 1.165) is 77.9 Å². The second-order valence-electron chi connectivity index (χ2n) is 8.27. The molecule has 31 heavy (non-hydrogen) atoms. The largest absolute Gasteiger partial charge is 0.351 e. The van der Waals surface area contributed by atoms with Gasteiger partial charge in [0, 0.05) is 41.0 Å². The van der Waals surface area contributed by atoms with E-state index in [9.17, 15) is 9.59 Å². The number of carbonyl (C=O) groups is 2. The van der Waals surface area contributed by atoms with Crippen LogP contribution in [0.5, 0.6) is 0 Å². The Morgan fingerprint density at radius 1 is 1.23 bits per heavy atom. The standard InChI is InChI=1S/C23H25N5O2S/c1-13-6-7-15-14(10-13)11-19(25-15)21(29)26-16-4-2-3-5-17(16)27-22(30)23-28-18-8-9-24-12-20(18)31-23/h6-7,10-11,16,24-25H,2-5,8-9,12H2,1H3,(H,26,29)/t16-/m0/s1. The Labute approximate surface area is 184 Å². The van der Waals surface area contributed by atoms with Gasteiger partial charge in [0.2, 0.25) is 0 Å². The van der Waals surface area contributed by atoms with Crippen molar-refractivity contribution in [1.82, 2.24) is 20.6 Å². The van der Waals surface area contributed by atoms with Crippen LogP contribution in [-0.2, 0) is 13.0 Å². The van der Waals surface area contributed by atoms with Gasteiger partial charge in [-0.3, -0.25) is 9.59 Å². The van der Waals surface area contributed by atoms with E-state index in [0.29, 0.717) is 10.7 Å². The number of rotatable bonds is 3. The summed E-state index contributed by atoms with van der Waals surface area (Å²) in [5.74, 6) is -0.465. The molecule has 0 radical (unpaired) electrons. The average molecular weight is 436 g/mol. The number of hydrogen-bond acceptors (Lipinski definition) is 5. The summed E-state index contributed by atoms with van der Waals surface area (Å²) < 4.78 is 0. The number of carbonyl (C=O) groups excluding carboxylic acids is 2. The maximum absolute atomic E-state index is 12.9. The van der Waals surface area contributed by atoms with Crippen molar-refractivity contribution in [3.05, 3.63) is 51.1 Å². The molecule has 2 amide bonds. The third-order valence-corrected chi connectivity index (χ3v) is 7.02. The molecule has 0 spiro atoms. The van der Waals surface area contributed by atoms with Gasteiger partial charge in [0.25, 0.3) is 5.91 Å². The Morgan fingerprint density at radius 2 is 2.13 bits per heavy atom. The maximum atomic E-state index is 12.9. The minimum atomic E-state index is -0.295. The molecule has 8 heteroatoms. The molecule has 3 heterocycles. The smallest absolute Gasteiger partial charge is 0.305 e. The van der Waals surface area contributed by atoms with E-state index in [1.807, 2.05) is 25.1 Å². The molecule has 0 bridgehead atoms. The molecule has 160 valence electrons. The molecule has 0 saturated heterocycles. The summed E-state index contributed by atoms with van der Waals surface area (Å²) in [5.41, 5.74) is 4.37. The Hall–Kier alpha value is -2.84. The highest BCUT2D eigenvalue weighted by atomic mass is 32.1. The van der Waals surface area contributed by atoms with E-state index in [-0.39, 0.29) is 17.9 Å². The van der Waals surface area contributed by atoms with E-state index >= 15 is 0 Å².